The minimum Gasteiger partial charge on any atom is -0.444 e. The number of aryl methyl sites for hydroxylation is 1. The smallest absolute Gasteiger partial charge is 0.226 e. The molecule has 0 spiro atoms. The minimum atomic E-state index is 0.441. The van der Waals surface area contributed by atoms with E-state index >= 15 is 0 Å². The summed E-state index contributed by atoms with van der Waals surface area (Å²) >= 11 is 1.54. The van der Waals surface area contributed by atoms with E-state index in [2.05, 4.69) is 34.2 Å². The second-order valence-corrected chi connectivity index (χ2v) is 7.79. The summed E-state index contributed by atoms with van der Waals surface area (Å²) in [6.45, 7) is 2.06. The topological polar surface area (TPSA) is 82.8 Å². The van der Waals surface area contributed by atoms with Crippen LogP contribution >= 0.6 is 11.8 Å². The Morgan fingerprint density at radius 3 is 2.69 bits per heavy atom. The number of nitrogen functional groups attached to an aromatic ring is 1. The number of nitrogens with zero attached hydrogens (tertiary/aromatic N) is 4. The second-order valence-electron chi connectivity index (χ2n) is 6.84. The minimum absolute atomic E-state index is 0.441. The largest absolute Gasteiger partial charge is 0.444 e. The van der Waals surface area contributed by atoms with E-state index in [0.29, 0.717) is 17.6 Å². The maximum Gasteiger partial charge on any atom is 0.226 e. The van der Waals surface area contributed by atoms with Gasteiger partial charge >= 0.3 is 0 Å². The van der Waals surface area contributed by atoms with Gasteiger partial charge in [0.1, 0.15) is 6.26 Å². The highest BCUT2D eigenvalue weighted by atomic mass is 32.2. The lowest BCUT2D eigenvalue weighted by Gasteiger charge is -2.20. The SMILES string of the molecule is Cc1ccc(-c2nc(CSc3nnc(C4CCCCC4)n3N)co2)cc1. The van der Waals surface area contributed by atoms with E-state index in [-0.39, 0.29) is 0 Å². The Hall–Kier alpha value is -2.28. The Labute approximate surface area is 157 Å². The van der Waals surface area contributed by atoms with Gasteiger partial charge in [0, 0.05) is 17.2 Å². The number of hydrogen-bond acceptors (Lipinski definition) is 6. The van der Waals surface area contributed by atoms with Gasteiger partial charge in [-0.3, -0.25) is 0 Å². The van der Waals surface area contributed by atoms with Crippen LogP contribution in [0.25, 0.3) is 11.5 Å². The highest BCUT2D eigenvalue weighted by Crippen LogP contribution is 2.32. The summed E-state index contributed by atoms with van der Waals surface area (Å²) in [4.78, 5) is 4.57. The molecule has 0 bridgehead atoms. The van der Waals surface area contributed by atoms with Gasteiger partial charge in [-0.2, -0.15) is 0 Å². The van der Waals surface area contributed by atoms with Gasteiger partial charge < -0.3 is 10.3 Å². The maximum atomic E-state index is 6.24. The lowest BCUT2D eigenvalue weighted by molar-refractivity contribution is 0.421. The van der Waals surface area contributed by atoms with Crippen molar-refractivity contribution in [1.29, 1.82) is 0 Å². The average molecular weight is 369 g/mol. The predicted molar refractivity (Wildman–Crippen MR) is 102 cm³/mol. The van der Waals surface area contributed by atoms with Crippen molar-refractivity contribution in [2.75, 3.05) is 5.84 Å². The van der Waals surface area contributed by atoms with Gasteiger partial charge in [0.25, 0.3) is 0 Å². The highest BCUT2D eigenvalue weighted by molar-refractivity contribution is 7.98. The molecule has 26 heavy (non-hydrogen) atoms. The van der Waals surface area contributed by atoms with Crippen molar-refractivity contribution >= 4 is 11.8 Å². The van der Waals surface area contributed by atoms with Gasteiger partial charge in [0.2, 0.25) is 11.0 Å². The van der Waals surface area contributed by atoms with Crippen molar-refractivity contribution < 1.29 is 4.42 Å². The van der Waals surface area contributed by atoms with Crippen LogP contribution in [0.3, 0.4) is 0 Å². The second kappa shape index (κ2) is 7.53. The molecule has 136 valence electrons. The van der Waals surface area contributed by atoms with Crippen LogP contribution in [0.2, 0.25) is 0 Å². The molecule has 0 saturated heterocycles. The lowest BCUT2D eigenvalue weighted by atomic mass is 9.89. The molecule has 1 aliphatic carbocycles. The molecule has 0 amide bonds. The van der Waals surface area contributed by atoms with Crippen molar-refractivity contribution in [3.63, 3.8) is 0 Å². The number of rotatable bonds is 5. The van der Waals surface area contributed by atoms with Crippen LogP contribution in [0.15, 0.2) is 40.1 Å². The van der Waals surface area contributed by atoms with E-state index in [4.69, 9.17) is 10.3 Å². The molecule has 1 saturated carbocycles. The molecule has 0 unspecified atom stereocenters. The first-order chi connectivity index (χ1) is 12.7. The zero-order valence-corrected chi connectivity index (χ0v) is 15.7. The third kappa shape index (κ3) is 3.62. The zero-order chi connectivity index (χ0) is 17.9. The molecule has 0 aliphatic heterocycles. The Morgan fingerprint density at radius 2 is 1.92 bits per heavy atom. The van der Waals surface area contributed by atoms with E-state index in [0.717, 1.165) is 35.1 Å². The predicted octanol–water partition coefficient (Wildman–Crippen LogP) is 4.30. The Morgan fingerprint density at radius 1 is 1.15 bits per heavy atom. The summed E-state index contributed by atoms with van der Waals surface area (Å²) in [7, 11) is 0. The van der Waals surface area contributed by atoms with Crippen molar-refractivity contribution in [3.05, 3.63) is 47.6 Å². The molecule has 1 aromatic carbocycles. The number of nitrogens with two attached hydrogens (primary N) is 1. The van der Waals surface area contributed by atoms with Crippen LogP contribution < -0.4 is 5.84 Å². The first kappa shape index (κ1) is 17.1. The molecule has 2 aromatic heterocycles. The van der Waals surface area contributed by atoms with Crippen LogP contribution in [-0.2, 0) is 5.75 Å². The van der Waals surface area contributed by atoms with Crippen LogP contribution in [0.4, 0.5) is 0 Å². The quantitative estimate of drug-likeness (QED) is 0.533. The van der Waals surface area contributed by atoms with Gasteiger partial charge in [-0.15, -0.1) is 10.2 Å². The van der Waals surface area contributed by atoms with Crippen LogP contribution in [-0.4, -0.2) is 19.9 Å². The molecule has 1 aliphatic rings. The van der Waals surface area contributed by atoms with Gasteiger partial charge in [-0.25, -0.2) is 9.66 Å². The number of thioether (sulfide) groups is 1. The van der Waals surface area contributed by atoms with Gasteiger partial charge in [0.05, 0.1) is 5.69 Å². The van der Waals surface area contributed by atoms with Crippen molar-refractivity contribution in [2.45, 2.75) is 55.9 Å². The normalized spacial score (nSPS) is 15.4. The summed E-state index contributed by atoms with van der Waals surface area (Å²) in [6.07, 6.45) is 7.82. The molecule has 4 rings (SSSR count). The molecule has 2 heterocycles. The first-order valence-corrected chi connectivity index (χ1v) is 10.0. The monoisotopic (exact) mass is 369 g/mol. The third-order valence-electron chi connectivity index (χ3n) is 4.86. The zero-order valence-electron chi connectivity index (χ0n) is 14.9. The van der Waals surface area contributed by atoms with E-state index in [1.807, 2.05) is 12.1 Å². The molecule has 7 heteroatoms. The molecular formula is C19H23N5OS. The van der Waals surface area contributed by atoms with Crippen LogP contribution in [0, 0.1) is 6.92 Å². The average Bonchev–Trinajstić information content (AvgIpc) is 3.28. The fraction of sp³-hybridized carbons (Fsp3) is 0.421. The number of oxazole rings is 1. The molecule has 6 nitrogen and oxygen atoms in total. The summed E-state index contributed by atoms with van der Waals surface area (Å²) in [5.74, 6) is 8.87. The van der Waals surface area contributed by atoms with E-state index in [1.165, 1.54) is 36.6 Å². The van der Waals surface area contributed by atoms with E-state index in [9.17, 15) is 0 Å². The third-order valence-corrected chi connectivity index (χ3v) is 5.84. The van der Waals surface area contributed by atoms with Crippen LogP contribution in [0.1, 0.15) is 55.1 Å². The fourth-order valence-electron chi connectivity index (χ4n) is 3.37. The van der Waals surface area contributed by atoms with Crippen molar-refractivity contribution in [2.24, 2.45) is 0 Å². The van der Waals surface area contributed by atoms with E-state index in [1.54, 1.807) is 10.9 Å². The molecule has 0 radical (unpaired) electrons. The Balaban J connectivity index is 1.41. The summed E-state index contributed by atoms with van der Waals surface area (Å²) in [5.41, 5.74) is 3.06. The van der Waals surface area contributed by atoms with Gasteiger partial charge in [-0.05, 0) is 31.9 Å². The highest BCUT2D eigenvalue weighted by Gasteiger charge is 2.22. The summed E-state index contributed by atoms with van der Waals surface area (Å²) in [5, 5.41) is 9.34. The lowest BCUT2D eigenvalue weighted by Crippen LogP contribution is -2.18. The standard InChI is InChI=1S/C19H23N5OS/c1-13-7-9-15(10-8-13)18-21-16(11-25-18)12-26-19-23-22-17(24(19)20)14-5-3-2-4-6-14/h7-11,14H,2-6,12,20H2,1H3. The molecule has 1 fully saturated rings. The first-order valence-electron chi connectivity index (χ1n) is 9.05. The number of benzene rings is 1. The molecule has 3 aromatic rings. The van der Waals surface area contributed by atoms with Gasteiger partial charge in [0.15, 0.2) is 5.82 Å². The van der Waals surface area contributed by atoms with Crippen molar-refractivity contribution in [1.82, 2.24) is 19.9 Å². The fourth-order valence-corrected chi connectivity index (χ4v) is 4.11. The Kier molecular flexibility index (Phi) is 4.97. The van der Waals surface area contributed by atoms with Crippen molar-refractivity contribution in [3.8, 4) is 11.5 Å². The van der Waals surface area contributed by atoms with Crippen LogP contribution in [0.5, 0.6) is 0 Å². The number of hydrogen-bond donors (Lipinski definition) is 1. The summed E-state index contributed by atoms with van der Waals surface area (Å²) in [6, 6.07) is 8.14. The molecule has 2 N–H and O–H groups in total. The Bertz CT molecular complexity index is 864. The maximum absolute atomic E-state index is 6.24. The molecule has 0 atom stereocenters. The van der Waals surface area contributed by atoms with Gasteiger partial charge in [-0.1, -0.05) is 48.7 Å². The van der Waals surface area contributed by atoms with E-state index < -0.39 is 0 Å². The molecular weight excluding hydrogens is 346 g/mol. The number of aromatic nitrogens is 4. The summed E-state index contributed by atoms with van der Waals surface area (Å²) < 4.78 is 7.27.